The van der Waals surface area contributed by atoms with Crippen LogP contribution >= 0.6 is 35.6 Å². The fourth-order valence-corrected chi connectivity index (χ4v) is 1.52. The van der Waals surface area contributed by atoms with Crippen LogP contribution in [0.15, 0.2) is 18.2 Å². The molecule has 0 radical (unpaired) electrons. The van der Waals surface area contributed by atoms with Gasteiger partial charge in [-0.25, -0.2) is 0 Å². The highest BCUT2D eigenvalue weighted by Crippen LogP contribution is 2.23. The van der Waals surface area contributed by atoms with Gasteiger partial charge in [0.25, 0.3) is 0 Å². The number of nitrogens with one attached hydrogen (secondary N) is 1. The van der Waals surface area contributed by atoms with Crippen molar-refractivity contribution in [2.75, 3.05) is 13.2 Å². The van der Waals surface area contributed by atoms with Crippen molar-refractivity contribution in [1.29, 1.82) is 0 Å². The maximum absolute atomic E-state index is 8.55. The Labute approximate surface area is 99.6 Å². The molecule has 1 rings (SSSR count). The van der Waals surface area contributed by atoms with Gasteiger partial charge >= 0.3 is 0 Å². The monoisotopic (exact) mass is 255 g/mol. The molecule has 0 saturated carbocycles. The van der Waals surface area contributed by atoms with Crippen LogP contribution in [0.4, 0.5) is 0 Å². The molecule has 0 spiro atoms. The van der Waals surface area contributed by atoms with E-state index < -0.39 is 0 Å². The fraction of sp³-hybridized carbons (Fsp3) is 0.333. The standard InChI is InChI=1S/C9H11Cl2NO.ClH/c10-8-2-1-3-9(11)7(8)6-12-4-5-13;/h1-3,12-13H,4-6H2;1H. The minimum atomic E-state index is 0. The topological polar surface area (TPSA) is 32.3 Å². The van der Waals surface area contributed by atoms with Crippen molar-refractivity contribution in [2.24, 2.45) is 0 Å². The van der Waals surface area contributed by atoms with Crippen molar-refractivity contribution < 1.29 is 5.11 Å². The largest absolute Gasteiger partial charge is 0.395 e. The lowest BCUT2D eigenvalue weighted by molar-refractivity contribution is 0.292. The SMILES string of the molecule is Cl.OCCNCc1c(Cl)cccc1Cl. The van der Waals surface area contributed by atoms with Gasteiger partial charge in [0.05, 0.1) is 6.61 Å². The van der Waals surface area contributed by atoms with E-state index in [1.165, 1.54) is 0 Å². The molecule has 0 aliphatic rings. The number of halogens is 3. The molecule has 0 heterocycles. The average molecular weight is 257 g/mol. The second kappa shape index (κ2) is 7.32. The Morgan fingerprint density at radius 1 is 1.21 bits per heavy atom. The highest BCUT2D eigenvalue weighted by Gasteiger charge is 2.03. The van der Waals surface area contributed by atoms with Crippen LogP contribution in [0.3, 0.4) is 0 Å². The van der Waals surface area contributed by atoms with Gasteiger partial charge in [-0.05, 0) is 12.1 Å². The molecule has 1 aromatic rings. The van der Waals surface area contributed by atoms with Gasteiger partial charge in [0, 0.05) is 28.7 Å². The number of aliphatic hydroxyl groups excluding tert-OH is 1. The quantitative estimate of drug-likeness (QED) is 0.811. The van der Waals surface area contributed by atoms with Crippen LogP contribution in [-0.2, 0) is 6.54 Å². The van der Waals surface area contributed by atoms with Gasteiger partial charge in [0.2, 0.25) is 0 Å². The highest BCUT2D eigenvalue weighted by atomic mass is 35.5. The molecular weight excluding hydrogens is 244 g/mol. The molecule has 14 heavy (non-hydrogen) atoms. The van der Waals surface area contributed by atoms with E-state index in [-0.39, 0.29) is 19.0 Å². The number of hydrogen-bond acceptors (Lipinski definition) is 2. The molecule has 0 aliphatic heterocycles. The molecule has 0 amide bonds. The van der Waals surface area contributed by atoms with Crippen molar-refractivity contribution in [2.45, 2.75) is 6.54 Å². The summed E-state index contributed by atoms with van der Waals surface area (Å²) in [7, 11) is 0. The Bertz CT molecular complexity index is 261. The van der Waals surface area contributed by atoms with E-state index in [1.54, 1.807) is 18.2 Å². The minimum Gasteiger partial charge on any atom is -0.395 e. The zero-order valence-corrected chi connectivity index (χ0v) is 9.79. The molecular formula is C9H12Cl3NO. The van der Waals surface area contributed by atoms with Crippen LogP contribution in [0.1, 0.15) is 5.56 Å². The van der Waals surface area contributed by atoms with Gasteiger partial charge in [0.15, 0.2) is 0 Å². The minimum absolute atomic E-state index is 0. The summed E-state index contributed by atoms with van der Waals surface area (Å²) in [6.45, 7) is 1.24. The summed E-state index contributed by atoms with van der Waals surface area (Å²) in [5.74, 6) is 0. The summed E-state index contributed by atoms with van der Waals surface area (Å²) in [5.41, 5.74) is 0.874. The maximum atomic E-state index is 8.55. The Balaban J connectivity index is 0.00000169. The third-order valence-corrected chi connectivity index (χ3v) is 2.36. The smallest absolute Gasteiger partial charge is 0.0556 e. The van der Waals surface area contributed by atoms with Crippen LogP contribution in [-0.4, -0.2) is 18.3 Å². The van der Waals surface area contributed by atoms with E-state index in [0.29, 0.717) is 23.1 Å². The predicted octanol–water partition coefficient (Wildman–Crippen LogP) is 2.50. The summed E-state index contributed by atoms with van der Waals surface area (Å²) >= 11 is 11.8. The van der Waals surface area contributed by atoms with E-state index in [4.69, 9.17) is 28.3 Å². The Morgan fingerprint density at radius 2 is 1.79 bits per heavy atom. The Kier molecular flexibility index (Phi) is 7.33. The first-order valence-electron chi connectivity index (χ1n) is 4.00. The lowest BCUT2D eigenvalue weighted by Crippen LogP contribution is -2.17. The number of aliphatic hydroxyl groups is 1. The number of hydrogen-bond donors (Lipinski definition) is 2. The molecule has 0 unspecified atom stereocenters. The average Bonchev–Trinajstić information content (AvgIpc) is 2.10. The van der Waals surface area contributed by atoms with Crippen LogP contribution in [0.5, 0.6) is 0 Å². The van der Waals surface area contributed by atoms with Gasteiger partial charge < -0.3 is 10.4 Å². The zero-order valence-electron chi connectivity index (χ0n) is 7.46. The summed E-state index contributed by atoms with van der Waals surface area (Å²) in [4.78, 5) is 0. The predicted molar refractivity (Wildman–Crippen MR) is 62.5 cm³/mol. The molecule has 0 aromatic heterocycles. The second-order valence-electron chi connectivity index (χ2n) is 2.60. The molecule has 0 aliphatic carbocycles. The van der Waals surface area contributed by atoms with Crippen molar-refractivity contribution >= 4 is 35.6 Å². The van der Waals surface area contributed by atoms with Crippen LogP contribution in [0, 0.1) is 0 Å². The second-order valence-corrected chi connectivity index (χ2v) is 3.41. The summed E-state index contributed by atoms with van der Waals surface area (Å²) in [6.07, 6.45) is 0. The molecule has 0 atom stereocenters. The maximum Gasteiger partial charge on any atom is 0.0556 e. The van der Waals surface area contributed by atoms with Crippen molar-refractivity contribution in [1.82, 2.24) is 5.32 Å². The van der Waals surface area contributed by atoms with Gasteiger partial charge in [0.1, 0.15) is 0 Å². The van der Waals surface area contributed by atoms with Crippen LogP contribution in [0.25, 0.3) is 0 Å². The summed E-state index contributed by atoms with van der Waals surface area (Å²) < 4.78 is 0. The summed E-state index contributed by atoms with van der Waals surface area (Å²) in [6, 6.07) is 5.40. The van der Waals surface area contributed by atoms with E-state index in [0.717, 1.165) is 5.56 Å². The van der Waals surface area contributed by atoms with E-state index in [1.807, 2.05) is 0 Å². The van der Waals surface area contributed by atoms with Crippen molar-refractivity contribution in [3.05, 3.63) is 33.8 Å². The Hall–Kier alpha value is 0.01000. The third kappa shape index (κ3) is 4.03. The first kappa shape index (κ1) is 14.0. The molecule has 2 nitrogen and oxygen atoms in total. The lowest BCUT2D eigenvalue weighted by Gasteiger charge is -2.06. The normalized spacial score (nSPS) is 9.64. The fourth-order valence-electron chi connectivity index (χ4n) is 0.994. The Morgan fingerprint density at radius 3 is 2.29 bits per heavy atom. The van der Waals surface area contributed by atoms with Crippen LogP contribution < -0.4 is 5.32 Å². The summed E-state index contributed by atoms with van der Waals surface area (Å²) in [5, 5.41) is 12.9. The number of benzene rings is 1. The van der Waals surface area contributed by atoms with Gasteiger partial charge in [-0.1, -0.05) is 29.3 Å². The molecule has 2 N–H and O–H groups in total. The zero-order chi connectivity index (χ0) is 9.68. The van der Waals surface area contributed by atoms with Crippen LogP contribution in [0.2, 0.25) is 10.0 Å². The lowest BCUT2D eigenvalue weighted by atomic mass is 10.2. The molecule has 0 saturated heterocycles. The first-order chi connectivity index (χ1) is 6.25. The van der Waals surface area contributed by atoms with E-state index in [9.17, 15) is 0 Å². The molecule has 0 bridgehead atoms. The first-order valence-corrected chi connectivity index (χ1v) is 4.75. The van der Waals surface area contributed by atoms with Gasteiger partial charge in [-0.15, -0.1) is 12.4 Å². The number of rotatable bonds is 4. The molecule has 80 valence electrons. The molecule has 1 aromatic carbocycles. The van der Waals surface area contributed by atoms with Gasteiger partial charge in [-0.3, -0.25) is 0 Å². The van der Waals surface area contributed by atoms with Crippen molar-refractivity contribution in [3.8, 4) is 0 Å². The third-order valence-electron chi connectivity index (χ3n) is 1.65. The molecule has 0 fully saturated rings. The molecule has 5 heteroatoms. The van der Waals surface area contributed by atoms with E-state index in [2.05, 4.69) is 5.32 Å². The highest BCUT2D eigenvalue weighted by molar-refractivity contribution is 6.35. The van der Waals surface area contributed by atoms with Crippen molar-refractivity contribution in [3.63, 3.8) is 0 Å². The van der Waals surface area contributed by atoms with E-state index >= 15 is 0 Å². The van der Waals surface area contributed by atoms with Gasteiger partial charge in [-0.2, -0.15) is 0 Å².